The topological polar surface area (TPSA) is 402 Å². The van der Waals surface area contributed by atoms with Crippen LogP contribution in [0.5, 0.6) is 0 Å². The van der Waals surface area contributed by atoms with Gasteiger partial charge in [-0.2, -0.15) is 0 Å². The number of azide groups is 1. The highest BCUT2D eigenvalue weighted by Crippen LogP contribution is 2.30. The molecule has 1 aromatic heterocycles. The number of likely N-dealkylation sites (tertiary alicyclic amines) is 1. The van der Waals surface area contributed by atoms with Gasteiger partial charge in [-0.15, -0.1) is 0 Å². The summed E-state index contributed by atoms with van der Waals surface area (Å²) >= 11 is 6.86. The molecule has 3 aromatic rings. The number of alkyl halides is 2. The van der Waals surface area contributed by atoms with Crippen LogP contribution < -0.4 is 43.0 Å². The fraction of sp³-hybridized carbons (Fsp3) is 0.657. The van der Waals surface area contributed by atoms with Gasteiger partial charge in [0, 0.05) is 80.2 Å². The third-order valence-corrected chi connectivity index (χ3v) is 19.2. The van der Waals surface area contributed by atoms with Crippen LogP contribution in [-0.2, 0) is 79.2 Å². The summed E-state index contributed by atoms with van der Waals surface area (Å²) in [6.45, 7) is 19.2. The van der Waals surface area contributed by atoms with Gasteiger partial charge in [0.2, 0.25) is 53.2 Å². The molecular weight excluding hydrogens is 1450 g/mol. The maximum atomic E-state index is 14.5. The number of rotatable bonds is 44. The van der Waals surface area contributed by atoms with Crippen molar-refractivity contribution < 1.29 is 66.9 Å². The van der Waals surface area contributed by atoms with Crippen LogP contribution in [0, 0.1) is 29.6 Å². The third kappa shape index (κ3) is 26.4. The molecule has 0 aliphatic carbocycles. The summed E-state index contributed by atoms with van der Waals surface area (Å²) in [5, 5.41) is 24.1. The van der Waals surface area contributed by atoms with Crippen LogP contribution >= 0.6 is 31.9 Å². The lowest BCUT2D eigenvalue weighted by Gasteiger charge is -2.41. The molecule has 1 saturated heterocycles. The lowest BCUT2D eigenvalue weighted by Crippen LogP contribution is -2.59. The number of aromatic nitrogens is 2. The molecule has 12 atom stereocenters. The number of hydrogen-bond donors (Lipinski definition) is 8. The standard InChI is InChI=1S/C70H108Br2N16O14/c1-16-42(8)62(87(13)70(98)60(40(4)5)84-69(97)61(41(6)7)86(11)12)55(99-14)35-58(91)88-27-17-18-54(88)63(100-15)43(9)64(92)79-48(38-76-85-74)32-45-19-22-47(23-20-45)78-67(95)51(34-56(73)89)82-68(96)59(39(2)3)83-65(93)44(10)77-57(90)25-28-101-30-31-102-29-26-75-66(94)46-21-24-49-50(33-46)81-53(37-72)52(36-71)80-49/h19-24,33,39-44,48,51,54-55,59-63H,16-18,25-32,34-38H2,1-15H3,(H2,73,89)(H,75,94)(H,77,90)(H,78,95)(H,79,92)(H,82,96)(H,83,93)(H,84,97)/t42-,43+,44-,48-,51-,54-,55+,59-,60-,61-,62-,63+/m0/s1. The van der Waals surface area contributed by atoms with Crippen LogP contribution in [0.3, 0.4) is 0 Å². The Morgan fingerprint density at radius 1 is 0.725 bits per heavy atom. The fourth-order valence-electron chi connectivity index (χ4n) is 12.5. The number of nitrogens with one attached hydrogen (secondary N) is 7. The van der Waals surface area contributed by atoms with Gasteiger partial charge in [-0.1, -0.05) is 118 Å². The van der Waals surface area contributed by atoms with E-state index in [1.165, 1.54) is 21.1 Å². The number of halogens is 2. The van der Waals surface area contributed by atoms with Crippen molar-refractivity contribution in [2.75, 3.05) is 86.7 Å². The Morgan fingerprint density at radius 2 is 1.35 bits per heavy atom. The molecule has 0 saturated carbocycles. The quantitative estimate of drug-likeness (QED) is 0.0118. The molecule has 566 valence electrons. The summed E-state index contributed by atoms with van der Waals surface area (Å²) in [6.07, 6.45) is -0.224. The predicted molar refractivity (Wildman–Crippen MR) is 393 cm³/mol. The first kappa shape index (κ1) is 87.0. The Bertz CT molecular complexity index is 3340. The highest BCUT2D eigenvalue weighted by molar-refractivity contribution is 9.09. The summed E-state index contributed by atoms with van der Waals surface area (Å²) in [6, 6.07) is 4.74. The summed E-state index contributed by atoms with van der Waals surface area (Å²) in [4.78, 5) is 153. The van der Waals surface area contributed by atoms with Gasteiger partial charge in [0.15, 0.2) is 0 Å². The monoisotopic (exact) mass is 1550 g/mol. The molecule has 2 aromatic carbocycles. The van der Waals surface area contributed by atoms with Crippen molar-refractivity contribution in [1.29, 1.82) is 0 Å². The van der Waals surface area contributed by atoms with E-state index in [1.54, 1.807) is 80.1 Å². The van der Waals surface area contributed by atoms with Crippen molar-refractivity contribution in [2.24, 2.45) is 40.4 Å². The van der Waals surface area contributed by atoms with E-state index in [0.29, 0.717) is 58.6 Å². The first-order chi connectivity index (χ1) is 48.4. The summed E-state index contributed by atoms with van der Waals surface area (Å²) < 4.78 is 23.2. The van der Waals surface area contributed by atoms with Crippen LogP contribution in [0.15, 0.2) is 47.6 Å². The Morgan fingerprint density at radius 3 is 1.92 bits per heavy atom. The number of nitrogens with zero attached hydrogens (tertiary/aromatic N) is 8. The minimum Gasteiger partial charge on any atom is -0.379 e. The first-order valence-corrected chi connectivity index (χ1v) is 36.9. The number of primary amides is 1. The zero-order valence-electron chi connectivity index (χ0n) is 61.6. The van der Waals surface area contributed by atoms with Crippen molar-refractivity contribution in [1.82, 2.24) is 56.6 Å². The van der Waals surface area contributed by atoms with E-state index >= 15 is 0 Å². The smallest absolute Gasteiger partial charge is 0.251 e. The second-order valence-electron chi connectivity index (χ2n) is 27.1. The molecule has 30 nitrogen and oxygen atoms in total. The zero-order valence-corrected chi connectivity index (χ0v) is 64.8. The molecule has 1 aliphatic rings. The summed E-state index contributed by atoms with van der Waals surface area (Å²) in [5.41, 5.74) is 19.1. The average Bonchev–Trinajstić information content (AvgIpc) is 1.22. The van der Waals surface area contributed by atoms with E-state index in [-0.39, 0.29) is 106 Å². The Kier molecular flexibility index (Phi) is 37.2. The minimum absolute atomic E-state index is 0.0122. The molecule has 4 rings (SSSR count). The molecule has 2 heterocycles. The number of amides is 10. The molecule has 0 unspecified atom stereocenters. The van der Waals surface area contributed by atoms with Crippen molar-refractivity contribution >= 4 is 108 Å². The number of fused-ring (bicyclic) bond motifs is 1. The van der Waals surface area contributed by atoms with Crippen molar-refractivity contribution in [2.45, 2.75) is 185 Å². The van der Waals surface area contributed by atoms with Crippen molar-refractivity contribution in [3.8, 4) is 0 Å². The maximum absolute atomic E-state index is 14.5. The third-order valence-electron chi connectivity index (χ3n) is 18.1. The normalized spacial score (nSPS) is 16.3. The number of benzene rings is 2. The van der Waals surface area contributed by atoms with E-state index in [0.717, 1.165) is 11.4 Å². The highest BCUT2D eigenvalue weighted by Gasteiger charge is 2.44. The van der Waals surface area contributed by atoms with Gasteiger partial charge in [-0.3, -0.25) is 52.8 Å². The molecule has 32 heteroatoms. The number of carbonyl (C=O) groups excluding carboxylic acids is 10. The maximum Gasteiger partial charge on any atom is 0.251 e. The zero-order chi connectivity index (χ0) is 76.1. The fourth-order valence-corrected chi connectivity index (χ4v) is 13.3. The number of nitrogens with two attached hydrogens (primary N) is 1. The van der Waals surface area contributed by atoms with E-state index in [1.807, 2.05) is 60.5 Å². The lowest BCUT2D eigenvalue weighted by molar-refractivity contribution is -0.148. The van der Waals surface area contributed by atoms with Crippen LogP contribution in [-0.4, -0.2) is 226 Å². The largest absolute Gasteiger partial charge is 0.379 e. The molecule has 0 radical (unpaired) electrons. The number of methoxy groups -OCH3 is 2. The molecule has 10 amide bonds. The SMILES string of the molecule is CC[C@H](C)[C@@H]([C@@H](CC(=O)N1CCC[C@H]1[C@H](OC)[C@@H](C)C(=O)N[C@H](CN=[N+]=[N-])Cc1ccc(NC(=O)[C@H](CC(N)=O)NC(=O)[C@@H](NC(=O)[C@H](C)NC(=O)CCOCCOCCNC(=O)c2ccc3nc(CBr)c(CBr)nc3c2)C(C)C)cc1)OC)N(C)C(=O)[C@@H](NC(=O)[C@H](C(C)C)N(C)C)C(C)C. The average molecular weight is 1560 g/mol. The first-order valence-electron chi connectivity index (χ1n) is 34.7. The summed E-state index contributed by atoms with van der Waals surface area (Å²) in [5.74, 6) is -6.89. The second kappa shape index (κ2) is 43.6. The Labute approximate surface area is 615 Å². The van der Waals surface area contributed by atoms with E-state index in [9.17, 15) is 53.5 Å². The van der Waals surface area contributed by atoms with Gasteiger partial charge in [0.05, 0.1) is 97.9 Å². The predicted octanol–water partition coefficient (Wildman–Crippen LogP) is 5.20. The molecule has 1 fully saturated rings. The van der Waals surface area contributed by atoms with Gasteiger partial charge in [-0.05, 0) is 105 Å². The van der Waals surface area contributed by atoms with Gasteiger partial charge >= 0.3 is 0 Å². The van der Waals surface area contributed by atoms with Gasteiger partial charge < -0.3 is 71.7 Å². The number of hydrogen-bond acceptors (Lipinski definition) is 18. The molecule has 0 bridgehead atoms. The van der Waals surface area contributed by atoms with Crippen LogP contribution in [0.1, 0.15) is 135 Å². The number of likely N-dealkylation sites (N-methyl/N-ethyl adjacent to an activating group) is 2. The van der Waals surface area contributed by atoms with Gasteiger partial charge in [0.1, 0.15) is 24.2 Å². The van der Waals surface area contributed by atoms with Crippen LogP contribution in [0.4, 0.5) is 5.69 Å². The molecule has 102 heavy (non-hydrogen) atoms. The van der Waals surface area contributed by atoms with E-state index in [2.05, 4.69) is 89.1 Å². The van der Waals surface area contributed by atoms with E-state index in [4.69, 9.17) is 24.7 Å². The summed E-state index contributed by atoms with van der Waals surface area (Å²) in [7, 11) is 8.34. The minimum atomic E-state index is -1.48. The van der Waals surface area contributed by atoms with Gasteiger partial charge in [-0.25, -0.2) is 9.97 Å². The lowest BCUT2D eigenvalue weighted by atomic mass is 9.89. The van der Waals surface area contributed by atoms with Gasteiger partial charge in [0.25, 0.3) is 5.91 Å². The number of ether oxygens (including phenoxy) is 4. The number of anilines is 1. The van der Waals surface area contributed by atoms with Crippen LogP contribution in [0.25, 0.3) is 21.5 Å². The van der Waals surface area contributed by atoms with Crippen LogP contribution in [0.2, 0.25) is 0 Å². The molecule has 0 spiro atoms. The number of carbonyl (C=O) groups is 10. The Hall–Kier alpha value is -7.45. The second-order valence-corrected chi connectivity index (χ2v) is 28.2. The van der Waals surface area contributed by atoms with E-state index < -0.39 is 114 Å². The van der Waals surface area contributed by atoms with Crippen molar-refractivity contribution in [3.05, 3.63) is 75.4 Å². The van der Waals surface area contributed by atoms with Crippen molar-refractivity contribution in [3.63, 3.8) is 0 Å². The highest BCUT2D eigenvalue weighted by atomic mass is 79.9. The molecule has 9 N–H and O–H groups in total. The molecular formula is C70H108Br2N16O14. The molecule has 1 aliphatic heterocycles. The Balaban J connectivity index is 1.29.